The maximum Gasteiger partial charge on any atom is 0.310 e. The number of hydrogen-bond donors (Lipinski definition) is 0. The Hall–Kier alpha value is -2.39. The molecule has 3 nitrogen and oxygen atoms in total. The molecule has 2 saturated carbocycles. The topological polar surface area (TPSA) is 29.5 Å². The number of hydrogen-bond acceptors (Lipinski definition) is 3. The molecule has 0 spiro atoms. The molecule has 3 heteroatoms. The number of rotatable bonds is 6. The van der Waals surface area contributed by atoms with Crippen LogP contribution in [0.1, 0.15) is 50.2 Å². The van der Waals surface area contributed by atoms with Crippen LogP contribution in [0.5, 0.6) is 0 Å². The molecule has 2 aliphatic carbocycles. The van der Waals surface area contributed by atoms with Gasteiger partial charge < -0.3 is 4.74 Å². The Labute approximate surface area is 192 Å². The van der Waals surface area contributed by atoms with Crippen LogP contribution in [0, 0.1) is 23.2 Å². The van der Waals surface area contributed by atoms with Crippen molar-refractivity contribution in [3.63, 3.8) is 0 Å². The summed E-state index contributed by atoms with van der Waals surface area (Å²) in [4.78, 5) is 15.5. The van der Waals surface area contributed by atoms with E-state index in [1.165, 1.54) is 29.5 Å². The molecule has 3 aliphatic rings. The van der Waals surface area contributed by atoms with Crippen molar-refractivity contribution >= 4 is 5.97 Å². The molecule has 1 aliphatic heterocycles. The third-order valence-electron chi connectivity index (χ3n) is 8.27. The first-order valence-corrected chi connectivity index (χ1v) is 12.2. The molecule has 3 fully saturated rings. The van der Waals surface area contributed by atoms with Crippen molar-refractivity contribution < 1.29 is 9.53 Å². The van der Waals surface area contributed by atoms with Gasteiger partial charge >= 0.3 is 5.97 Å². The molecule has 168 valence electrons. The Morgan fingerprint density at radius 3 is 2.28 bits per heavy atom. The molecule has 0 unspecified atom stereocenters. The molecule has 1 heterocycles. The van der Waals surface area contributed by atoms with Crippen LogP contribution in [0.2, 0.25) is 0 Å². The van der Waals surface area contributed by atoms with E-state index in [0.29, 0.717) is 11.8 Å². The van der Waals surface area contributed by atoms with E-state index >= 15 is 0 Å². The van der Waals surface area contributed by atoms with Crippen LogP contribution in [0.25, 0.3) is 0 Å². The molecule has 0 N–H and O–H groups in total. The van der Waals surface area contributed by atoms with Gasteiger partial charge in [0.15, 0.2) is 0 Å². The highest BCUT2D eigenvalue weighted by atomic mass is 16.6. The highest BCUT2D eigenvalue weighted by Crippen LogP contribution is 2.57. The van der Waals surface area contributed by atoms with E-state index in [1.54, 1.807) is 0 Å². The van der Waals surface area contributed by atoms with Crippen molar-refractivity contribution in [3.05, 3.63) is 83.9 Å². The SMILES string of the molecule is C=C1CCC[C@@]2(C)C[C@H]3OC(=O)[C@@H](CN(Cc4ccccc4)Cc4ccccc4)[C@@H]3C[C@@H]12. The van der Waals surface area contributed by atoms with Gasteiger partial charge in [-0.2, -0.15) is 0 Å². The summed E-state index contributed by atoms with van der Waals surface area (Å²) in [6.45, 7) is 9.26. The Morgan fingerprint density at radius 1 is 1.03 bits per heavy atom. The van der Waals surface area contributed by atoms with Gasteiger partial charge in [-0.3, -0.25) is 9.69 Å². The van der Waals surface area contributed by atoms with Gasteiger partial charge in [0, 0.05) is 25.6 Å². The summed E-state index contributed by atoms with van der Waals surface area (Å²) in [5.41, 5.74) is 4.21. The van der Waals surface area contributed by atoms with E-state index in [4.69, 9.17) is 4.74 Å². The Balaban J connectivity index is 1.36. The number of esters is 1. The molecule has 0 aromatic heterocycles. The van der Waals surface area contributed by atoms with Crippen LogP contribution in [0.4, 0.5) is 0 Å². The summed E-state index contributed by atoms with van der Waals surface area (Å²) >= 11 is 0. The zero-order valence-corrected chi connectivity index (χ0v) is 19.2. The molecule has 1 saturated heterocycles. The Kier molecular flexibility index (Phi) is 5.94. The van der Waals surface area contributed by atoms with Crippen molar-refractivity contribution in [1.82, 2.24) is 4.90 Å². The van der Waals surface area contributed by atoms with Crippen LogP contribution < -0.4 is 0 Å². The monoisotopic (exact) mass is 429 g/mol. The molecule has 0 bridgehead atoms. The second-order valence-corrected chi connectivity index (χ2v) is 10.5. The first-order valence-electron chi connectivity index (χ1n) is 12.2. The van der Waals surface area contributed by atoms with Crippen molar-refractivity contribution in [2.24, 2.45) is 23.2 Å². The smallest absolute Gasteiger partial charge is 0.310 e. The predicted molar refractivity (Wildman–Crippen MR) is 128 cm³/mol. The third-order valence-corrected chi connectivity index (χ3v) is 8.27. The summed E-state index contributed by atoms with van der Waals surface area (Å²) in [7, 11) is 0. The van der Waals surface area contributed by atoms with E-state index in [1.807, 2.05) is 0 Å². The predicted octanol–water partition coefficient (Wildman–Crippen LogP) is 6.00. The van der Waals surface area contributed by atoms with Gasteiger partial charge in [0.25, 0.3) is 0 Å². The summed E-state index contributed by atoms with van der Waals surface area (Å²) in [6.07, 6.45) is 5.74. The summed E-state index contributed by atoms with van der Waals surface area (Å²) in [5, 5.41) is 0. The summed E-state index contributed by atoms with van der Waals surface area (Å²) in [5.74, 6) is 0.807. The second-order valence-electron chi connectivity index (χ2n) is 10.5. The van der Waals surface area contributed by atoms with Gasteiger partial charge in [-0.05, 0) is 54.6 Å². The summed E-state index contributed by atoms with van der Waals surface area (Å²) < 4.78 is 6.03. The first-order chi connectivity index (χ1) is 15.5. The lowest BCUT2D eigenvalue weighted by Crippen LogP contribution is -2.45. The number of ether oxygens (including phenoxy) is 1. The fourth-order valence-corrected chi connectivity index (χ4v) is 6.61. The van der Waals surface area contributed by atoms with Crippen LogP contribution in [0.15, 0.2) is 72.8 Å². The molecule has 0 radical (unpaired) electrons. The van der Waals surface area contributed by atoms with E-state index in [0.717, 1.165) is 38.9 Å². The maximum atomic E-state index is 13.1. The van der Waals surface area contributed by atoms with Crippen molar-refractivity contribution in [3.8, 4) is 0 Å². The van der Waals surface area contributed by atoms with Gasteiger partial charge in [0.05, 0.1) is 5.92 Å². The van der Waals surface area contributed by atoms with Crippen LogP contribution in [-0.2, 0) is 22.6 Å². The van der Waals surface area contributed by atoms with Crippen molar-refractivity contribution in [2.75, 3.05) is 6.54 Å². The van der Waals surface area contributed by atoms with Gasteiger partial charge in [0.2, 0.25) is 0 Å². The highest BCUT2D eigenvalue weighted by molar-refractivity contribution is 5.75. The van der Waals surface area contributed by atoms with E-state index < -0.39 is 0 Å². The standard InChI is InChI=1S/C29H35NO2/c1-21-10-9-15-29(2)17-27-24(16-26(21)29)25(28(31)32-27)20-30(18-22-11-5-3-6-12-22)19-23-13-7-4-8-14-23/h3-8,11-14,24-27H,1,9-10,15-20H2,2H3/t24-,25-,26-,27+,29-/m0/s1. The first kappa shape index (κ1) is 21.5. The molecule has 2 aromatic carbocycles. The lowest BCUT2D eigenvalue weighted by molar-refractivity contribution is -0.146. The van der Waals surface area contributed by atoms with Gasteiger partial charge in [-0.15, -0.1) is 0 Å². The number of allylic oxidation sites excluding steroid dienone is 1. The number of fused-ring (bicyclic) bond motifs is 2. The lowest BCUT2D eigenvalue weighted by Gasteiger charge is -2.50. The molecule has 32 heavy (non-hydrogen) atoms. The molecule has 5 atom stereocenters. The molecular weight excluding hydrogens is 394 g/mol. The molecular formula is C29H35NO2. The zero-order chi connectivity index (χ0) is 22.1. The Bertz CT molecular complexity index is 914. The van der Waals surface area contributed by atoms with E-state index in [-0.39, 0.29) is 23.4 Å². The van der Waals surface area contributed by atoms with Crippen LogP contribution >= 0.6 is 0 Å². The van der Waals surface area contributed by atoms with Gasteiger partial charge in [0.1, 0.15) is 6.10 Å². The number of benzene rings is 2. The molecule has 2 aromatic rings. The maximum absolute atomic E-state index is 13.1. The van der Waals surface area contributed by atoms with Crippen molar-refractivity contribution in [1.29, 1.82) is 0 Å². The minimum Gasteiger partial charge on any atom is -0.462 e. The average Bonchev–Trinajstić information content (AvgIpc) is 3.07. The summed E-state index contributed by atoms with van der Waals surface area (Å²) in [6, 6.07) is 21.2. The van der Waals surface area contributed by atoms with Gasteiger partial charge in [-0.25, -0.2) is 0 Å². The third kappa shape index (κ3) is 4.28. The second kappa shape index (κ2) is 8.86. The highest BCUT2D eigenvalue weighted by Gasteiger charge is 2.55. The molecule has 0 amide bonds. The largest absolute Gasteiger partial charge is 0.462 e. The zero-order valence-electron chi connectivity index (χ0n) is 19.2. The quantitative estimate of drug-likeness (QED) is 0.416. The van der Waals surface area contributed by atoms with E-state index in [2.05, 4.69) is 79.1 Å². The average molecular weight is 430 g/mol. The minimum absolute atomic E-state index is 0.0129. The number of carbonyl (C=O) groups is 1. The number of carbonyl (C=O) groups excluding carboxylic acids is 1. The fourth-order valence-electron chi connectivity index (χ4n) is 6.61. The minimum atomic E-state index is -0.0494. The van der Waals surface area contributed by atoms with E-state index in [9.17, 15) is 4.79 Å². The van der Waals surface area contributed by atoms with Crippen molar-refractivity contribution in [2.45, 2.75) is 58.2 Å². The van der Waals surface area contributed by atoms with Gasteiger partial charge in [-0.1, -0.05) is 79.7 Å². The Morgan fingerprint density at radius 2 is 1.66 bits per heavy atom. The normalized spacial score (nSPS) is 31.8. The molecule has 5 rings (SSSR count). The number of nitrogens with zero attached hydrogens (tertiary/aromatic N) is 1. The lowest BCUT2D eigenvalue weighted by atomic mass is 9.55. The fraction of sp³-hybridized carbons (Fsp3) is 0.483. The van der Waals surface area contributed by atoms with Crippen LogP contribution in [0.3, 0.4) is 0 Å². The van der Waals surface area contributed by atoms with Crippen LogP contribution in [-0.4, -0.2) is 23.5 Å².